The SMILES string of the molecule is O=C(O)c1ccc2c(c1)C(=O)c1c(Cl)cccc1S2(=O)=O. The van der Waals surface area contributed by atoms with Gasteiger partial charge >= 0.3 is 5.97 Å². The van der Waals surface area contributed by atoms with E-state index in [1.54, 1.807) is 0 Å². The number of carboxylic acid groups (broad SMARTS) is 1. The van der Waals surface area contributed by atoms with Gasteiger partial charge in [0.1, 0.15) is 0 Å². The predicted molar refractivity (Wildman–Crippen MR) is 73.7 cm³/mol. The van der Waals surface area contributed by atoms with Crippen LogP contribution < -0.4 is 0 Å². The van der Waals surface area contributed by atoms with Gasteiger partial charge in [0.15, 0.2) is 5.78 Å². The fraction of sp³-hybridized carbons (Fsp3) is 0. The molecule has 0 atom stereocenters. The molecule has 0 saturated heterocycles. The van der Waals surface area contributed by atoms with E-state index in [1.165, 1.54) is 18.2 Å². The van der Waals surface area contributed by atoms with Crippen molar-refractivity contribution in [2.75, 3.05) is 0 Å². The first-order chi connectivity index (χ1) is 9.84. The van der Waals surface area contributed by atoms with Crippen molar-refractivity contribution in [3.8, 4) is 0 Å². The van der Waals surface area contributed by atoms with Gasteiger partial charge in [-0.3, -0.25) is 4.79 Å². The van der Waals surface area contributed by atoms with Crippen molar-refractivity contribution in [2.24, 2.45) is 0 Å². The summed E-state index contributed by atoms with van der Waals surface area (Å²) in [6.07, 6.45) is 0. The maximum atomic E-state index is 12.5. The summed E-state index contributed by atoms with van der Waals surface area (Å²) < 4.78 is 25.0. The number of rotatable bonds is 1. The average molecular weight is 323 g/mol. The van der Waals surface area contributed by atoms with E-state index < -0.39 is 21.6 Å². The van der Waals surface area contributed by atoms with Gasteiger partial charge < -0.3 is 5.11 Å². The third kappa shape index (κ3) is 1.87. The zero-order valence-corrected chi connectivity index (χ0v) is 11.9. The molecule has 0 spiro atoms. The molecular weight excluding hydrogens is 316 g/mol. The maximum absolute atomic E-state index is 12.5. The molecule has 0 radical (unpaired) electrons. The monoisotopic (exact) mass is 322 g/mol. The Balaban J connectivity index is 2.40. The van der Waals surface area contributed by atoms with Crippen molar-refractivity contribution in [3.05, 3.63) is 58.1 Å². The number of sulfone groups is 1. The van der Waals surface area contributed by atoms with Crippen LogP contribution in [0.25, 0.3) is 0 Å². The molecule has 0 saturated carbocycles. The van der Waals surface area contributed by atoms with Gasteiger partial charge in [-0.25, -0.2) is 13.2 Å². The summed E-state index contributed by atoms with van der Waals surface area (Å²) in [6.45, 7) is 0. The molecule has 3 rings (SSSR count). The number of benzene rings is 2. The zero-order chi connectivity index (χ0) is 15.4. The molecule has 1 aliphatic rings. The standard InChI is InChI=1S/C14H7ClO5S/c15-9-2-1-3-11-12(9)13(16)8-6-7(14(17)18)4-5-10(8)21(11,19)20/h1-6H,(H,17,18). The second-order valence-electron chi connectivity index (χ2n) is 4.46. The second-order valence-corrected chi connectivity index (χ2v) is 6.76. The Kier molecular flexibility index (Phi) is 2.89. The molecule has 2 aromatic carbocycles. The maximum Gasteiger partial charge on any atom is 0.335 e. The van der Waals surface area contributed by atoms with E-state index in [2.05, 4.69) is 0 Å². The molecule has 5 nitrogen and oxygen atoms in total. The predicted octanol–water partition coefficient (Wildman–Crippen LogP) is 2.42. The Bertz CT molecular complexity index is 915. The van der Waals surface area contributed by atoms with Crippen LogP contribution in [0.2, 0.25) is 5.02 Å². The Morgan fingerprint density at radius 2 is 1.81 bits per heavy atom. The lowest BCUT2D eigenvalue weighted by molar-refractivity contribution is 0.0696. The highest BCUT2D eigenvalue weighted by atomic mass is 35.5. The highest BCUT2D eigenvalue weighted by Crippen LogP contribution is 2.37. The van der Waals surface area contributed by atoms with Crippen LogP contribution in [0.5, 0.6) is 0 Å². The first-order valence-electron chi connectivity index (χ1n) is 5.79. The molecule has 0 aromatic heterocycles. The van der Waals surface area contributed by atoms with Gasteiger partial charge in [-0.15, -0.1) is 0 Å². The molecule has 2 aromatic rings. The summed E-state index contributed by atoms with van der Waals surface area (Å²) in [4.78, 5) is 23.1. The van der Waals surface area contributed by atoms with Crippen LogP contribution in [0, 0.1) is 0 Å². The van der Waals surface area contributed by atoms with Crippen molar-refractivity contribution >= 4 is 33.2 Å². The first kappa shape index (κ1) is 13.8. The Morgan fingerprint density at radius 1 is 1.10 bits per heavy atom. The quantitative estimate of drug-likeness (QED) is 0.743. The normalized spacial score (nSPS) is 15.2. The molecule has 0 amide bonds. The second kappa shape index (κ2) is 4.41. The minimum Gasteiger partial charge on any atom is -0.478 e. The van der Waals surface area contributed by atoms with Crippen molar-refractivity contribution < 1.29 is 23.1 Å². The molecule has 0 fully saturated rings. The van der Waals surface area contributed by atoms with E-state index in [9.17, 15) is 18.0 Å². The Hall–Kier alpha value is -2.18. The molecule has 0 unspecified atom stereocenters. The van der Waals surface area contributed by atoms with E-state index in [4.69, 9.17) is 16.7 Å². The number of carbonyl (C=O) groups is 2. The summed E-state index contributed by atoms with van der Waals surface area (Å²) in [5.41, 5.74) is -0.447. The summed E-state index contributed by atoms with van der Waals surface area (Å²) in [6, 6.07) is 7.52. The van der Waals surface area contributed by atoms with Gasteiger partial charge in [0.2, 0.25) is 9.84 Å². The number of fused-ring (bicyclic) bond motifs is 2. The molecule has 7 heteroatoms. The van der Waals surface area contributed by atoms with E-state index in [0.717, 1.165) is 18.2 Å². The number of hydrogen-bond acceptors (Lipinski definition) is 4. The molecule has 21 heavy (non-hydrogen) atoms. The molecule has 1 N–H and O–H groups in total. The summed E-state index contributed by atoms with van der Waals surface area (Å²) >= 11 is 5.93. The van der Waals surface area contributed by atoms with E-state index in [-0.39, 0.29) is 31.5 Å². The van der Waals surface area contributed by atoms with Crippen LogP contribution in [0.3, 0.4) is 0 Å². The molecule has 1 aliphatic heterocycles. The number of ketones is 1. The van der Waals surface area contributed by atoms with Gasteiger partial charge in [-0.1, -0.05) is 17.7 Å². The number of aromatic carboxylic acids is 1. The highest BCUT2D eigenvalue weighted by Gasteiger charge is 2.36. The lowest BCUT2D eigenvalue weighted by Gasteiger charge is -2.19. The largest absolute Gasteiger partial charge is 0.478 e. The number of carbonyl (C=O) groups excluding carboxylic acids is 1. The highest BCUT2D eigenvalue weighted by molar-refractivity contribution is 7.91. The van der Waals surface area contributed by atoms with Crippen LogP contribution in [-0.4, -0.2) is 25.3 Å². The number of halogens is 1. The van der Waals surface area contributed by atoms with Crippen LogP contribution in [0.1, 0.15) is 26.3 Å². The Morgan fingerprint density at radius 3 is 2.48 bits per heavy atom. The van der Waals surface area contributed by atoms with Gasteiger partial charge in [0.25, 0.3) is 0 Å². The van der Waals surface area contributed by atoms with Crippen molar-refractivity contribution in [1.29, 1.82) is 0 Å². The molecule has 0 aliphatic carbocycles. The third-order valence-corrected chi connectivity index (χ3v) is 5.42. The average Bonchev–Trinajstić information content (AvgIpc) is 2.44. The lowest BCUT2D eigenvalue weighted by atomic mass is 10.0. The molecule has 0 bridgehead atoms. The summed E-state index contributed by atoms with van der Waals surface area (Å²) in [7, 11) is -3.90. The number of hydrogen-bond donors (Lipinski definition) is 1. The van der Waals surface area contributed by atoms with E-state index in [1.807, 2.05) is 0 Å². The Labute approximate surface area is 124 Å². The van der Waals surface area contributed by atoms with Crippen LogP contribution >= 0.6 is 11.6 Å². The van der Waals surface area contributed by atoms with Crippen molar-refractivity contribution in [3.63, 3.8) is 0 Å². The topological polar surface area (TPSA) is 88.5 Å². The van der Waals surface area contributed by atoms with Crippen molar-refractivity contribution in [2.45, 2.75) is 9.79 Å². The van der Waals surface area contributed by atoms with E-state index in [0.29, 0.717) is 0 Å². The molecule has 106 valence electrons. The third-order valence-electron chi connectivity index (χ3n) is 3.25. The summed E-state index contributed by atoms with van der Waals surface area (Å²) in [5, 5.41) is 8.99. The smallest absolute Gasteiger partial charge is 0.335 e. The fourth-order valence-corrected chi connectivity index (χ4v) is 4.25. The van der Waals surface area contributed by atoms with Gasteiger partial charge in [0.05, 0.1) is 25.9 Å². The van der Waals surface area contributed by atoms with Crippen LogP contribution in [-0.2, 0) is 9.84 Å². The van der Waals surface area contributed by atoms with Crippen LogP contribution in [0.15, 0.2) is 46.2 Å². The summed E-state index contributed by atoms with van der Waals surface area (Å²) in [5.74, 6) is -1.84. The lowest BCUT2D eigenvalue weighted by Crippen LogP contribution is -2.21. The molecular formula is C14H7ClO5S. The first-order valence-corrected chi connectivity index (χ1v) is 7.66. The zero-order valence-electron chi connectivity index (χ0n) is 10.3. The van der Waals surface area contributed by atoms with Gasteiger partial charge in [0, 0.05) is 5.56 Å². The number of carboxylic acids is 1. The van der Waals surface area contributed by atoms with E-state index >= 15 is 0 Å². The fourth-order valence-electron chi connectivity index (χ4n) is 2.28. The molecule has 1 heterocycles. The van der Waals surface area contributed by atoms with Gasteiger partial charge in [-0.05, 0) is 30.3 Å². The van der Waals surface area contributed by atoms with Crippen molar-refractivity contribution in [1.82, 2.24) is 0 Å². The van der Waals surface area contributed by atoms with Gasteiger partial charge in [-0.2, -0.15) is 0 Å². The minimum absolute atomic E-state index is 0.0208. The minimum atomic E-state index is -3.90. The van der Waals surface area contributed by atoms with Crippen LogP contribution in [0.4, 0.5) is 0 Å².